The van der Waals surface area contributed by atoms with Gasteiger partial charge in [-0.3, -0.25) is 0 Å². The number of carbonyl (C=O) groups is 2. The van der Waals surface area contributed by atoms with Gasteiger partial charge in [0.05, 0.1) is 13.2 Å². The van der Waals surface area contributed by atoms with Gasteiger partial charge in [0, 0.05) is 6.20 Å². The van der Waals surface area contributed by atoms with E-state index in [4.69, 9.17) is 14.6 Å². The van der Waals surface area contributed by atoms with E-state index in [1.165, 1.54) is 0 Å². The van der Waals surface area contributed by atoms with Crippen LogP contribution in [0.3, 0.4) is 0 Å². The third-order valence-electron chi connectivity index (χ3n) is 1.74. The molecule has 0 aliphatic heterocycles. The molecule has 0 aliphatic carbocycles. The first-order valence-corrected chi connectivity index (χ1v) is 5.00. The second-order valence-corrected chi connectivity index (χ2v) is 2.87. The van der Waals surface area contributed by atoms with E-state index in [1.807, 2.05) is 0 Å². The first-order valence-electron chi connectivity index (χ1n) is 5.00. The summed E-state index contributed by atoms with van der Waals surface area (Å²) in [5.41, 5.74) is -0.444. The molecule has 0 saturated carbocycles. The van der Waals surface area contributed by atoms with Crippen LogP contribution in [0.25, 0.3) is 0 Å². The van der Waals surface area contributed by atoms with Crippen LogP contribution < -0.4 is 0 Å². The summed E-state index contributed by atoms with van der Waals surface area (Å²) in [5, 5.41) is 9.08. The molecule has 92 valence electrons. The highest BCUT2D eigenvalue weighted by atomic mass is 16.5. The topological polar surface area (TPSA) is 98.6 Å². The Hall–Kier alpha value is -2.18. The molecule has 1 rings (SSSR count). The summed E-state index contributed by atoms with van der Waals surface area (Å²) < 4.78 is 9.43. The third kappa shape index (κ3) is 3.13. The Labute approximate surface area is 97.4 Å². The van der Waals surface area contributed by atoms with Crippen molar-refractivity contribution < 1.29 is 24.2 Å². The van der Waals surface area contributed by atoms with Gasteiger partial charge in [-0.25, -0.2) is 14.6 Å². The Balaban J connectivity index is 3.11. The van der Waals surface area contributed by atoms with Crippen molar-refractivity contribution in [3.8, 4) is 6.01 Å². The average molecular weight is 240 g/mol. The lowest BCUT2D eigenvalue weighted by molar-refractivity contribution is 0.0471. The predicted octanol–water partition coefficient (Wildman–Crippen LogP) is 0.536. The quantitative estimate of drug-likeness (QED) is 0.766. The number of hydrogen-bond acceptors (Lipinski definition) is 7. The van der Waals surface area contributed by atoms with E-state index in [0.717, 1.165) is 6.20 Å². The zero-order valence-electron chi connectivity index (χ0n) is 9.47. The molecule has 1 aromatic rings. The Morgan fingerprint density at radius 3 is 2.41 bits per heavy atom. The smallest absolute Gasteiger partial charge is 0.358 e. The molecule has 1 heterocycles. The molecule has 1 N–H and O–H groups in total. The summed E-state index contributed by atoms with van der Waals surface area (Å²) in [5.74, 6) is -1.55. The van der Waals surface area contributed by atoms with E-state index in [9.17, 15) is 9.59 Å². The van der Waals surface area contributed by atoms with Crippen LogP contribution in [-0.2, 0) is 9.47 Å². The van der Waals surface area contributed by atoms with Crippen molar-refractivity contribution in [1.29, 1.82) is 0 Å². The molecular formula is C10H12N2O5. The maximum atomic E-state index is 11.5. The molecule has 0 aromatic carbocycles. The zero-order valence-corrected chi connectivity index (χ0v) is 9.47. The van der Waals surface area contributed by atoms with E-state index in [-0.39, 0.29) is 24.5 Å². The van der Waals surface area contributed by atoms with Crippen molar-refractivity contribution in [2.24, 2.45) is 0 Å². The van der Waals surface area contributed by atoms with Gasteiger partial charge in [0.2, 0.25) is 0 Å². The third-order valence-corrected chi connectivity index (χ3v) is 1.74. The first kappa shape index (κ1) is 12.9. The van der Waals surface area contributed by atoms with Crippen molar-refractivity contribution >= 4 is 11.9 Å². The van der Waals surface area contributed by atoms with E-state index >= 15 is 0 Å². The number of nitrogens with zero attached hydrogens (tertiary/aromatic N) is 2. The van der Waals surface area contributed by atoms with E-state index < -0.39 is 17.9 Å². The second-order valence-electron chi connectivity index (χ2n) is 2.87. The Kier molecular flexibility index (Phi) is 4.38. The van der Waals surface area contributed by atoms with E-state index in [0.29, 0.717) is 0 Å². The van der Waals surface area contributed by atoms with Crippen molar-refractivity contribution in [3.05, 3.63) is 17.5 Å². The molecule has 0 amide bonds. The fourth-order valence-electron chi connectivity index (χ4n) is 1.09. The second kappa shape index (κ2) is 5.78. The maximum absolute atomic E-state index is 11.5. The summed E-state index contributed by atoms with van der Waals surface area (Å²) >= 11 is 0. The molecule has 0 atom stereocenters. The summed E-state index contributed by atoms with van der Waals surface area (Å²) in [4.78, 5) is 29.9. The van der Waals surface area contributed by atoms with Gasteiger partial charge in [0.25, 0.3) is 0 Å². The van der Waals surface area contributed by atoms with E-state index in [1.54, 1.807) is 13.8 Å². The number of esters is 2. The summed E-state index contributed by atoms with van der Waals surface area (Å²) in [6.07, 6.45) is 1.02. The lowest BCUT2D eigenvalue weighted by atomic mass is 10.2. The number of aromatic hydroxyl groups is 1. The van der Waals surface area contributed by atoms with Crippen LogP contribution >= 0.6 is 0 Å². The van der Waals surface area contributed by atoms with Gasteiger partial charge in [0.15, 0.2) is 5.69 Å². The monoisotopic (exact) mass is 240 g/mol. The molecule has 7 nitrogen and oxygen atoms in total. The number of carbonyl (C=O) groups excluding carboxylic acids is 2. The molecule has 0 radical (unpaired) electrons. The van der Waals surface area contributed by atoms with Crippen molar-refractivity contribution in [1.82, 2.24) is 9.97 Å². The van der Waals surface area contributed by atoms with Crippen LogP contribution in [0, 0.1) is 0 Å². The number of aromatic nitrogens is 2. The first-order chi connectivity index (χ1) is 8.10. The minimum absolute atomic E-state index is 0.131. The van der Waals surface area contributed by atoms with Gasteiger partial charge in [-0.1, -0.05) is 0 Å². The maximum Gasteiger partial charge on any atom is 0.358 e. The minimum atomic E-state index is -0.812. The standard InChI is InChI=1S/C10H12N2O5/c1-3-16-8(13)6-5-11-10(15)12-7(6)9(14)17-4-2/h5H,3-4H2,1-2H3,(H,11,12,15). The molecule has 1 aromatic heterocycles. The van der Waals surface area contributed by atoms with Crippen LogP contribution in [0.2, 0.25) is 0 Å². The van der Waals surface area contributed by atoms with Crippen LogP contribution in [-0.4, -0.2) is 40.2 Å². The predicted molar refractivity (Wildman–Crippen MR) is 55.6 cm³/mol. The Morgan fingerprint density at radius 1 is 1.24 bits per heavy atom. The fourth-order valence-corrected chi connectivity index (χ4v) is 1.09. The Bertz CT molecular complexity index is 433. The average Bonchev–Trinajstić information content (AvgIpc) is 2.29. The van der Waals surface area contributed by atoms with Crippen LogP contribution in [0.1, 0.15) is 34.7 Å². The molecule has 0 unspecified atom stereocenters. The molecule has 0 saturated heterocycles. The van der Waals surface area contributed by atoms with Crippen molar-refractivity contribution in [3.63, 3.8) is 0 Å². The Morgan fingerprint density at radius 2 is 1.82 bits per heavy atom. The zero-order chi connectivity index (χ0) is 12.8. The molecule has 0 spiro atoms. The minimum Gasteiger partial charge on any atom is -0.479 e. The highest BCUT2D eigenvalue weighted by molar-refractivity contribution is 6.01. The van der Waals surface area contributed by atoms with Crippen LogP contribution in [0.4, 0.5) is 0 Å². The van der Waals surface area contributed by atoms with Gasteiger partial charge < -0.3 is 14.6 Å². The molecule has 17 heavy (non-hydrogen) atoms. The van der Waals surface area contributed by atoms with Gasteiger partial charge in [-0.2, -0.15) is 4.98 Å². The SMILES string of the molecule is CCOC(=O)c1cnc(O)nc1C(=O)OCC. The summed E-state index contributed by atoms with van der Waals surface area (Å²) in [6.45, 7) is 3.53. The van der Waals surface area contributed by atoms with Gasteiger partial charge >= 0.3 is 17.9 Å². The number of hydrogen-bond donors (Lipinski definition) is 1. The number of rotatable bonds is 4. The molecular weight excluding hydrogens is 228 g/mol. The van der Waals surface area contributed by atoms with Crippen molar-refractivity contribution in [2.75, 3.05) is 13.2 Å². The van der Waals surface area contributed by atoms with Crippen molar-refractivity contribution in [2.45, 2.75) is 13.8 Å². The molecule has 7 heteroatoms. The van der Waals surface area contributed by atoms with Gasteiger partial charge in [-0.05, 0) is 13.8 Å². The van der Waals surface area contributed by atoms with Gasteiger partial charge in [-0.15, -0.1) is 0 Å². The molecule has 0 bridgehead atoms. The fraction of sp³-hybridized carbons (Fsp3) is 0.400. The summed E-state index contributed by atoms with van der Waals surface area (Å²) in [7, 11) is 0. The van der Waals surface area contributed by atoms with Gasteiger partial charge in [0.1, 0.15) is 5.56 Å². The lowest BCUT2D eigenvalue weighted by Gasteiger charge is -2.06. The highest BCUT2D eigenvalue weighted by Crippen LogP contribution is 2.11. The normalized spacial score (nSPS) is 9.76. The number of ether oxygens (including phenoxy) is 2. The largest absolute Gasteiger partial charge is 0.479 e. The van der Waals surface area contributed by atoms with Crippen LogP contribution in [0.15, 0.2) is 6.20 Å². The molecule has 0 aliphatic rings. The van der Waals surface area contributed by atoms with Crippen LogP contribution in [0.5, 0.6) is 6.01 Å². The lowest BCUT2D eigenvalue weighted by Crippen LogP contribution is -2.16. The summed E-state index contributed by atoms with van der Waals surface area (Å²) in [6, 6.07) is -0.610. The van der Waals surface area contributed by atoms with E-state index in [2.05, 4.69) is 9.97 Å². The molecule has 0 fully saturated rings. The highest BCUT2D eigenvalue weighted by Gasteiger charge is 2.22.